The number of alkyl halides is 2. The van der Waals surface area contributed by atoms with E-state index < -0.39 is 6.43 Å². The molecule has 0 unspecified atom stereocenters. The van der Waals surface area contributed by atoms with Crippen molar-refractivity contribution in [2.75, 3.05) is 37.7 Å². The zero-order valence-electron chi connectivity index (χ0n) is 23.8. The van der Waals surface area contributed by atoms with Crippen molar-refractivity contribution in [2.45, 2.75) is 82.4 Å². The number of morpholine rings is 1. The predicted octanol–water partition coefficient (Wildman–Crippen LogP) is 4.32. The highest BCUT2D eigenvalue weighted by molar-refractivity contribution is 5.78. The summed E-state index contributed by atoms with van der Waals surface area (Å²) in [5.74, 6) is 0.710. The lowest BCUT2D eigenvalue weighted by atomic mass is 9.93. The molecule has 3 aliphatic rings. The van der Waals surface area contributed by atoms with E-state index in [1.54, 1.807) is 30.3 Å². The number of hydrogen-bond acceptors (Lipinski definition) is 8. The maximum Gasteiger partial charge on any atom is 0.296 e. The van der Waals surface area contributed by atoms with Crippen molar-refractivity contribution in [2.24, 2.45) is 0 Å². The fourth-order valence-corrected chi connectivity index (χ4v) is 6.23. The molecule has 2 N–H and O–H groups in total. The van der Waals surface area contributed by atoms with E-state index in [1.165, 1.54) is 23.8 Å². The summed E-state index contributed by atoms with van der Waals surface area (Å²) in [6, 6.07) is 9.21. The summed E-state index contributed by atoms with van der Waals surface area (Å²) in [6.45, 7) is 2.61. The minimum Gasteiger partial charge on any atom is -0.474 e. The third-order valence-corrected chi connectivity index (χ3v) is 8.47. The molecule has 1 saturated heterocycles. The molecule has 0 radical (unpaired) electrons. The summed E-state index contributed by atoms with van der Waals surface area (Å²) >= 11 is 0. The number of amides is 1. The first-order valence-corrected chi connectivity index (χ1v) is 15.2. The zero-order valence-corrected chi connectivity index (χ0v) is 23.8. The number of hydrogen-bond donors (Lipinski definition) is 2. The number of aromatic nitrogens is 4. The van der Waals surface area contributed by atoms with Gasteiger partial charge in [-0.3, -0.25) is 9.36 Å². The Kier molecular flexibility index (Phi) is 9.09. The molecule has 2 saturated carbocycles. The number of para-hydroxylation sites is 2. The minimum atomic E-state index is -2.79. The number of nitrogens with one attached hydrogen (secondary N) is 2. The Labute approximate surface area is 244 Å². The van der Waals surface area contributed by atoms with Gasteiger partial charge >= 0.3 is 0 Å². The molecule has 1 aromatic carbocycles. The summed E-state index contributed by atoms with van der Waals surface area (Å²) < 4.78 is 41.5. The molecule has 1 amide bonds. The molecule has 0 spiro atoms. The first-order chi connectivity index (χ1) is 20.5. The first-order valence-electron chi connectivity index (χ1n) is 15.2. The lowest BCUT2D eigenvalue weighted by molar-refractivity contribution is -0.121. The highest BCUT2D eigenvalue weighted by Gasteiger charge is 2.27. The van der Waals surface area contributed by atoms with Gasteiger partial charge in [-0.05, 0) is 50.7 Å². The largest absolute Gasteiger partial charge is 0.474 e. The number of nitrogens with zero attached hydrogens (tertiary/aromatic N) is 5. The van der Waals surface area contributed by atoms with Crippen LogP contribution in [-0.2, 0) is 9.53 Å². The van der Waals surface area contributed by atoms with Crippen LogP contribution in [0.5, 0.6) is 5.88 Å². The third-order valence-electron chi connectivity index (χ3n) is 8.47. The van der Waals surface area contributed by atoms with E-state index in [0.29, 0.717) is 61.8 Å². The Hall–Kier alpha value is -3.38. The van der Waals surface area contributed by atoms with Crippen molar-refractivity contribution in [3.63, 3.8) is 0 Å². The van der Waals surface area contributed by atoms with Gasteiger partial charge < -0.3 is 25.0 Å². The van der Waals surface area contributed by atoms with E-state index in [4.69, 9.17) is 14.5 Å². The number of imidazole rings is 1. The van der Waals surface area contributed by atoms with Crippen molar-refractivity contribution in [1.29, 1.82) is 0 Å². The summed E-state index contributed by atoms with van der Waals surface area (Å²) in [6.07, 6.45) is 6.27. The molecule has 3 aromatic rings. The standard InChI is InChI=1S/C30H39F2N7O3/c31-28(32)29-35-23-8-4-5-9-24(23)39(29)25-18-27(37-30(36-25)38-14-16-41-17-15-38)42-22-12-10-21(11-13-22)34-26(40)19-33-20-6-2-1-3-7-20/h4-5,8-9,18,20-22,28,33H,1-3,6-7,10-17,19H2,(H,34,40)/t21-,22-. The molecule has 1 aliphatic heterocycles. The van der Waals surface area contributed by atoms with Crippen molar-refractivity contribution >= 4 is 22.9 Å². The van der Waals surface area contributed by atoms with Gasteiger partial charge in [0.05, 0.1) is 30.8 Å². The van der Waals surface area contributed by atoms with Crippen LogP contribution in [0.2, 0.25) is 0 Å². The molecular weight excluding hydrogens is 544 g/mol. The molecule has 3 fully saturated rings. The number of carbonyl (C=O) groups is 1. The maximum atomic E-state index is 14.1. The van der Waals surface area contributed by atoms with Crippen LogP contribution in [0.3, 0.4) is 0 Å². The van der Waals surface area contributed by atoms with Gasteiger partial charge in [-0.2, -0.15) is 9.97 Å². The molecule has 2 aromatic heterocycles. The second-order valence-electron chi connectivity index (χ2n) is 11.4. The van der Waals surface area contributed by atoms with Crippen LogP contribution in [0.15, 0.2) is 30.3 Å². The Balaban J connectivity index is 1.15. The lowest BCUT2D eigenvalue weighted by Crippen LogP contribution is -2.45. The van der Waals surface area contributed by atoms with Crippen LogP contribution >= 0.6 is 0 Å². The van der Waals surface area contributed by atoms with Gasteiger partial charge in [0.25, 0.3) is 6.43 Å². The average molecular weight is 584 g/mol. The van der Waals surface area contributed by atoms with E-state index in [9.17, 15) is 13.6 Å². The van der Waals surface area contributed by atoms with Gasteiger partial charge in [0, 0.05) is 31.2 Å². The van der Waals surface area contributed by atoms with Crippen molar-refractivity contribution < 1.29 is 23.0 Å². The second kappa shape index (κ2) is 13.3. The van der Waals surface area contributed by atoms with Crippen molar-refractivity contribution in [1.82, 2.24) is 30.2 Å². The fourth-order valence-electron chi connectivity index (χ4n) is 6.23. The van der Waals surface area contributed by atoms with Crippen LogP contribution in [0.4, 0.5) is 14.7 Å². The first kappa shape index (κ1) is 28.7. The fraction of sp³-hybridized carbons (Fsp3) is 0.600. The molecule has 0 atom stereocenters. The monoisotopic (exact) mass is 583 g/mol. The van der Waals surface area contributed by atoms with Gasteiger partial charge in [-0.1, -0.05) is 31.4 Å². The van der Waals surface area contributed by atoms with E-state index >= 15 is 0 Å². The third kappa shape index (κ3) is 6.81. The SMILES string of the molecule is O=C(CNC1CCCCC1)N[C@H]1CC[C@H](Oc2cc(-n3c(C(F)F)nc4ccccc43)nc(N3CCOCC3)n2)CC1. The van der Waals surface area contributed by atoms with Gasteiger partial charge in [-0.25, -0.2) is 13.8 Å². The van der Waals surface area contributed by atoms with Crippen molar-refractivity contribution in [3.8, 4) is 11.7 Å². The number of ether oxygens (including phenoxy) is 2. The van der Waals surface area contributed by atoms with Crippen molar-refractivity contribution in [3.05, 3.63) is 36.2 Å². The maximum absolute atomic E-state index is 14.1. The molecule has 0 bridgehead atoms. The molecule has 2 aliphatic carbocycles. The Morgan fingerprint density at radius 2 is 1.74 bits per heavy atom. The van der Waals surface area contributed by atoms with Crippen LogP contribution in [0.1, 0.15) is 70.0 Å². The lowest BCUT2D eigenvalue weighted by Gasteiger charge is -2.30. The van der Waals surface area contributed by atoms with E-state index in [1.807, 2.05) is 4.90 Å². The highest BCUT2D eigenvalue weighted by Crippen LogP contribution is 2.31. The molecule has 12 heteroatoms. The Bertz CT molecular complexity index is 1350. The van der Waals surface area contributed by atoms with Crippen LogP contribution < -0.4 is 20.3 Å². The summed E-state index contributed by atoms with van der Waals surface area (Å²) in [7, 11) is 0. The van der Waals surface area contributed by atoms with Gasteiger partial charge in [-0.15, -0.1) is 0 Å². The van der Waals surface area contributed by atoms with E-state index in [0.717, 1.165) is 38.5 Å². The molecule has 42 heavy (non-hydrogen) atoms. The zero-order chi connectivity index (χ0) is 28.9. The average Bonchev–Trinajstić information content (AvgIpc) is 3.42. The van der Waals surface area contributed by atoms with Crippen LogP contribution in [-0.4, -0.2) is 76.5 Å². The van der Waals surface area contributed by atoms with E-state index in [2.05, 4.69) is 20.6 Å². The number of rotatable bonds is 9. The molecular formula is C30H39F2N7O3. The second-order valence-corrected chi connectivity index (χ2v) is 11.4. The number of carbonyl (C=O) groups excluding carboxylic acids is 1. The number of halogens is 2. The normalized spacial score (nSPS) is 22.0. The predicted molar refractivity (Wildman–Crippen MR) is 154 cm³/mol. The highest BCUT2D eigenvalue weighted by atomic mass is 19.3. The Morgan fingerprint density at radius 3 is 2.50 bits per heavy atom. The van der Waals surface area contributed by atoms with Crippen LogP contribution in [0, 0.1) is 0 Å². The molecule has 226 valence electrons. The molecule has 6 rings (SSSR count). The molecule has 10 nitrogen and oxygen atoms in total. The smallest absolute Gasteiger partial charge is 0.296 e. The summed E-state index contributed by atoms with van der Waals surface area (Å²) in [4.78, 5) is 28.1. The quantitative estimate of drug-likeness (QED) is 0.384. The summed E-state index contributed by atoms with van der Waals surface area (Å²) in [5, 5.41) is 6.58. The number of benzene rings is 1. The minimum absolute atomic E-state index is 0.0444. The number of anilines is 1. The number of fused-ring (bicyclic) bond motifs is 1. The van der Waals surface area contributed by atoms with E-state index in [-0.39, 0.29) is 29.7 Å². The van der Waals surface area contributed by atoms with Crippen LogP contribution in [0.25, 0.3) is 16.9 Å². The topological polar surface area (TPSA) is 106 Å². The summed E-state index contributed by atoms with van der Waals surface area (Å²) in [5.41, 5.74) is 1.01. The molecule has 3 heterocycles. The van der Waals surface area contributed by atoms with Gasteiger partial charge in [0.1, 0.15) is 11.9 Å². The van der Waals surface area contributed by atoms with Gasteiger partial charge in [0.2, 0.25) is 17.7 Å². The van der Waals surface area contributed by atoms with Gasteiger partial charge in [0.15, 0.2) is 5.82 Å². The Morgan fingerprint density at radius 1 is 0.976 bits per heavy atom.